The molecular formula is C29H34Cl2HfSi-3. The zero-order valence-corrected chi connectivity index (χ0v) is 26.8. The number of hydrogen-bond donors (Lipinski definition) is 0. The Balaban J connectivity index is 0. The normalized spacial score (nSPS) is 9.00. The molecule has 0 aliphatic rings. The van der Waals surface area contributed by atoms with Gasteiger partial charge in [-0.25, -0.2) is 0 Å². The summed E-state index contributed by atoms with van der Waals surface area (Å²) in [7, 11) is 1.90. The zero-order chi connectivity index (χ0) is 20.8. The van der Waals surface area contributed by atoms with E-state index in [1.165, 1.54) is 49.0 Å². The maximum absolute atomic E-state index is 2.18. The van der Waals surface area contributed by atoms with Crippen molar-refractivity contribution in [2.24, 2.45) is 0 Å². The van der Waals surface area contributed by atoms with Crippen molar-refractivity contribution in [2.75, 3.05) is 0 Å². The summed E-state index contributed by atoms with van der Waals surface area (Å²) in [4.78, 5) is 0. The van der Waals surface area contributed by atoms with Crippen LogP contribution in [-0.4, -0.2) is 10.2 Å². The maximum Gasteiger partial charge on any atom is 0.0477 e. The van der Waals surface area contributed by atoms with E-state index in [-0.39, 0.29) is 58.1 Å². The molecule has 33 heavy (non-hydrogen) atoms. The maximum atomic E-state index is 2.18. The molecule has 0 amide bonds. The third kappa shape index (κ3) is 9.02. The van der Waals surface area contributed by atoms with Crippen molar-refractivity contribution >= 4 is 61.8 Å². The molecule has 5 aromatic carbocycles. The van der Waals surface area contributed by atoms with E-state index in [9.17, 15) is 0 Å². The molecule has 0 saturated heterocycles. The Labute approximate surface area is 234 Å². The molecule has 0 heterocycles. The number of halogens is 2. The second-order valence-corrected chi connectivity index (χ2v) is 8.41. The van der Waals surface area contributed by atoms with Gasteiger partial charge >= 0.3 is 0 Å². The second-order valence-electron chi connectivity index (χ2n) is 7.59. The molecular weight excluding hydrogens is 626 g/mol. The van der Waals surface area contributed by atoms with Gasteiger partial charge in [0.2, 0.25) is 0 Å². The van der Waals surface area contributed by atoms with Crippen LogP contribution in [0.1, 0.15) is 22.3 Å². The Morgan fingerprint density at radius 1 is 0.545 bits per heavy atom. The minimum absolute atomic E-state index is 0. The number of fused-ring (bicyclic) bond motifs is 2. The van der Waals surface area contributed by atoms with E-state index < -0.39 is 0 Å². The average molecular weight is 660 g/mol. The first-order valence-electron chi connectivity index (χ1n) is 10.1. The van der Waals surface area contributed by atoms with E-state index in [4.69, 9.17) is 0 Å². The summed E-state index contributed by atoms with van der Waals surface area (Å²) >= 11 is 0. The van der Waals surface area contributed by atoms with Gasteiger partial charge in [0.05, 0.1) is 0 Å². The van der Waals surface area contributed by atoms with Crippen molar-refractivity contribution in [2.45, 2.75) is 27.7 Å². The van der Waals surface area contributed by atoms with Crippen molar-refractivity contribution in [3.8, 4) is 0 Å². The van der Waals surface area contributed by atoms with Gasteiger partial charge in [-0.15, -0.1) is 81.8 Å². The van der Waals surface area contributed by atoms with Crippen LogP contribution >= 0.6 is 24.8 Å². The summed E-state index contributed by atoms with van der Waals surface area (Å²) in [5, 5.41) is 6.92. The predicted octanol–water partition coefficient (Wildman–Crippen LogP) is 7.59. The van der Waals surface area contributed by atoms with Crippen molar-refractivity contribution in [3.63, 3.8) is 0 Å². The van der Waals surface area contributed by atoms with Crippen molar-refractivity contribution in [1.82, 2.24) is 0 Å². The van der Waals surface area contributed by atoms with E-state index in [0.717, 1.165) is 0 Å². The van der Waals surface area contributed by atoms with Crippen LogP contribution in [0.2, 0.25) is 0 Å². The Kier molecular flexibility index (Phi) is 16.6. The fraction of sp³-hybridized carbons (Fsp3) is 0.138. The smallest absolute Gasteiger partial charge is 0.0477 e. The Morgan fingerprint density at radius 2 is 0.909 bits per heavy atom. The number of benzene rings is 3. The van der Waals surface area contributed by atoms with Crippen LogP contribution in [0.5, 0.6) is 0 Å². The molecule has 0 aliphatic carbocycles. The predicted molar refractivity (Wildman–Crippen MR) is 154 cm³/mol. The first-order chi connectivity index (χ1) is 14.0. The Bertz CT molecular complexity index is 1060. The van der Waals surface area contributed by atoms with Crippen LogP contribution in [0.25, 0.3) is 21.5 Å². The molecule has 0 N–H and O–H groups in total. The molecule has 175 valence electrons. The average Bonchev–Trinajstić information content (AvgIpc) is 3.40. The first kappa shape index (κ1) is 33.7. The molecule has 1 radical (unpaired) electrons. The van der Waals surface area contributed by atoms with E-state index in [2.05, 4.69) is 100 Å². The van der Waals surface area contributed by atoms with Crippen molar-refractivity contribution < 1.29 is 25.8 Å². The first-order valence-corrected chi connectivity index (χ1v) is 10.8. The number of rotatable bonds is 0. The molecule has 4 heteroatoms. The number of aryl methyl sites for hydroxylation is 4. The third-order valence-electron chi connectivity index (χ3n) is 5.34. The van der Waals surface area contributed by atoms with Crippen LogP contribution < -0.4 is 5.19 Å². The molecule has 0 unspecified atom stereocenters. The second kappa shape index (κ2) is 16.2. The molecule has 0 fully saturated rings. The van der Waals surface area contributed by atoms with Gasteiger partial charge in [0.25, 0.3) is 0 Å². The van der Waals surface area contributed by atoms with Gasteiger partial charge in [-0.2, -0.15) is 24.3 Å². The third-order valence-corrected chi connectivity index (χ3v) is 5.81. The molecule has 5 aromatic rings. The molecule has 0 aromatic heterocycles. The van der Waals surface area contributed by atoms with Crippen LogP contribution in [0, 0.1) is 35.1 Å². The summed E-state index contributed by atoms with van der Waals surface area (Å²) < 4.78 is 0. The molecule has 0 nitrogen and oxygen atoms in total. The van der Waals surface area contributed by atoms with Crippen molar-refractivity contribution in [3.05, 3.63) is 121 Å². The fourth-order valence-corrected chi connectivity index (χ4v) is 3.82. The van der Waals surface area contributed by atoms with Crippen LogP contribution in [-0.2, 0) is 25.8 Å². The van der Waals surface area contributed by atoms with Crippen LogP contribution in [0.15, 0.2) is 91.0 Å². The molecule has 0 aliphatic heterocycles. The molecule has 5 rings (SSSR count). The summed E-state index contributed by atoms with van der Waals surface area (Å²) in [6, 6.07) is 32.0. The van der Waals surface area contributed by atoms with Gasteiger partial charge < -0.3 is 7.43 Å². The molecule has 0 saturated carbocycles. The van der Waals surface area contributed by atoms with E-state index >= 15 is 0 Å². The zero-order valence-electron chi connectivity index (χ0n) is 20.2. The number of hydrogen-bond acceptors (Lipinski definition) is 0. The van der Waals surface area contributed by atoms with Crippen LogP contribution in [0.4, 0.5) is 0 Å². The van der Waals surface area contributed by atoms with E-state index in [0.29, 0.717) is 0 Å². The SMILES string of the molecule is Cc1ccc(C)c2[cH-]ccc12.Cc1ccc(C)c2[cH-]ccc12.Cl.Cl.[CH3-].[Hf].[SiH2]c1ccccc1. The summed E-state index contributed by atoms with van der Waals surface area (Å²) in [6.45, 7) is 8.62. The van der Waals surface area contributed by atoms with Gasteiger partial charge in [0, 0.05) is 36.1 Å². The Hall–Kier alpha value is -1.45. The minimum Gasteiger partial charge on any atom is -0.358 e. The summed E-state index contributed by atoms with van der Waals surface area (Å²) in [6.07, 6.45) is 0. The summed E-state index contributed by atoms with van der Waals surface area (Å²) in [5.74, 6) is 0. The van der Waals surface area contributed by atoms with Gasteiger partial charge in [-0.3, -0.25) is 0 Å². The van der Waals surface area contributed by atoms with Gasteiger partial charge in [-0.05, 0) is 13.8 Å². The molecule has 0 spiro atoms. The van der Waals surface area contributed by atoms with E-state index in [1.807, 2.05) is 28.4 Å². The van der Waals surface area contributed by atoms with Gasteiger partial charge in [0.1, 0.15) is 0 Å². The van der Waals surface area contributed by atoms with Crippen molar-refractivity contribution in [1.29, 1.82) is 0 Å². The topological polar surface area (TPSA) is 0 Å². The van der Waals surface area contributed by atoms with E-state index in [1.54, 1.807) is 0 Å². The molecule has 0 bridgehead atoms. The summed E-state index contributed by atoms with van der Waals surface area (Å²) in [5.41, 5.74) is 5.48. The van der Waals surface area contributed by atoms with Gasteiger partial charge in [0.15, 0.2) is 0 Å². The molecule has 0 atom stereocenters. The monoisotopic (exact) mass is 660 g/mol. The quantitative estimate of drug-likeness (QED) is 0.119. The largest absolute Gasteiger partial charge is 0.358 e. The Morgan fingerprint density at radius 3 is 1.21 bits per heavy atom. The fourth-order valence-electron chi connectivity index (χ4n) is 3.55. The van der Waals surface area contributed by atoms with Gasteiger partial charge in [-0.1, -0.05) is 72.6 Å². The standard InChI is InChI=1S/2C11H11.C6H7Si.CH3.2ClH.Hf/c2*1-8-6-7-9(2)11-5-3-4-10(8)11;7-6-4-2-1-3-5-6;;;;/h2*3-7H,1-2H3;1-5H,7H2;1H3;2*1H;/q2*-1;;-1;;;. The van der Waals surface area contributed by atoms with Crippen LogP contribution in [0.3, 0.4) is 0 Å². The minimum atomic E-state index is 0.